The maximum Gasteiger partial charge on any atom is 0.392 e. The summed E-state index contributed by atoms with van der Waals surface area (Å²) in [6.07, 6.45) is 0. The molecule has 2 aromatic heterocycles. The maximum absolute atomic E-state index is 10.7. The zero-order chi connectivity index (χ0) is 14.9. The summed E-state index contributed by atoms with van der Waals surface area (Å²) in [6.45, 7) is 3.09. The van der Waals surface area contributed by atoms with Gasteiger partial charge in [-0.3, -0.25) is 0 Å². The van der Waals surface area contributed by atoms with Crippen LogP contribution in [0.3, 0.4) is 0 Å². The molecule has 0 aliphatic rings. The van der Waals surface area contributed by atoms with E-state index < -0.39 is 15.7 Å². The van der Waals surface area contributed by atoms with E-state index in [9.17, 15) is 20.2 Å². The van der Waals surface area contributed by atoms with Crippen molar-refractivity contribution in [3.63, 3.8) is 0 Å². The second kappa shape index (κ2) is 4.83. The Balaban J connectivity index is 2.34. The molecule has 0 N–H and O–H groups in total. The number of hydrogen-bond donors (Lipinski definition) is 0. The van der Waals surface area contributed by atoms with Crippen molar-refractivity contribution < 1.29 is 9.85 Å². The Bertz CT molecular complexity index is 714. The molecule has 0 unspecified atom stereocenters. The zero-order valence-corrected chi connectivity index (χ0v) is 10.4. The van der Waals surface area contributed by atoms with Gasteiger partial charge in [0.15, 0.2) is 0 Å². The van der Waals surface area contributed by atoms with Gasteiger partial charge in [-0.25, -0.2) is 0 Å². The lowest BCUT2D eigenvalue weighted by molar-refractivity contribution is -0.392. The van der Waals surface area contributed by atoms with E-state index in [1.54, 1.807) is 6.92 Å². The van der Waals surface area contributed by atoms with Gasteiger partial charge >= 0.3 is 11.6 Å². The third-order valence-corrected chi connectivity index (χ3v) is 2.23. The standard InChI is InChI=1S/C8H8N8O4/c1-5-3-8(16(19)20)14(9-5)12-11-13-6(2)4-7(10-13)15(17)18/h3-4H,1-2H3/b12-11+. The highest BCUT2D eigenvalue weighted by Crippen LogP contribution is 2.14. The maximum atomic E-state index is 10.7. The lowest BCUT2D eigenvalue weighted by Gasteiger charge is -1.89. The van der Waals surface area contributed by atoms with Crippen LogP contribution >= 0.6 is 0 Å². The Morgan fingerprint density at radius 1 is 1.05 bits per heavy atom. The second-order valence-corrected chi connectivity index (χ2v) is 3.76. The third-order valence-electron chi connectivity index (χ3n) is 2.23. The second-order valence-electron chi connectivity index (χ2n) is 3.76. The minimum Gasteiger partial charge on any atom is -0.358 e. The summed E-state index contributed by atoms with van der Waals surface area (Å²) < 4.78 is 0. The Hall–Kier alpha value is -3.18. The van der Waals surface area contributed by atoms with Crippen LogP contribution in [0.1, 0.15) is 11.4 Å². The van der Waals surface area contributed by atoms with Crippen molar-refractivity contribution in [3.8, 4) is 0 Å². The first-order valence-electron chi connectivity index (χ1n) is 5.23. The molecule has 0 amide bonds. The lowest BCUT2D eigenvalue weighted by Crippen LogP contribution is -2.00. The van der Waals surface area contributed by atoms with Crippen molar-refractivity contribution in [1.29, 1.82) is 0 Å². The Morgan fingerprint density at radius 3 is 2.25 bits per heavy atom. The van der Waals surface area contributed by atoms with Crippen LogP contribution in [0, 0.1) is 34.1 Å². The Kier molecular flexibility index (Phi) is 3.20. The monoisotopic (exact) mass is 280 g/mol. The summed E-state index contributed by atoms with van der Waals surface area (Å²) in [7, 11) is 0. The topological polar surface area (TPSA) is 147 Å². The number of rotatable bonds is 4. The molecule has 2 rings (SSSR count). The van der Waals surface area contributed by atoms with Crippen LogP contribution in [0.15, 0.2) is 22.6 Å². The molecule has 0 fully saturated rings. The lowest BCUT2D eigenvalue weighted by atomic mass is 10.5. The number of nitrogens with zero attached hydrogens (tertiary/aromatic N) is 8. The van der Waals surface area contributed by atoms with Gasteiger partial charge in [0, 0.05) is 10.0 Å². The van der Waals surface area contributed by atoms with Crippen LogP contribution in [-0.2, 0) is 0 Å². The first-order valence-corrected chi connectivity index (χ1v) is 5.23. The quantitative estimate of drug-likeness (QED) is 0.466. The average molecular weight is 280 g/mol. The summed E-state index contributed by atoms with van der Waals surface area (Å²) in [5, 5.41) is 35.7. The predicted molar refractivity (Wildman–Crippen MR) is 62.9 cm³/mol. The fraction of sp³-hybridized carbons (Fsp3) is 0.250. The largest absolute Gasteiger partial charge is 0.392 e. The van der Waals surface area contributed by atoms with E-state index in [4.69, 9.17) is 0 Å². The van der Waals surface area contributed by atoms with Gasteiger partial charge in [0.05, 0.1) is 33.8 Å². The minimum atomic E-state index is -0.681. The number of nitro groups is 2. The van der Waals surface area contributed by atoms with Gasteiger partial charge in [-0.2, -0.15) is 0 Å². The number of hydrogen-bond acceptors (Lipinski definition) is 8. The Labute approximate surface area is 110 Å². The third kappa shape index (κ3) is 2.47. The molecule has 0 spiro atoms. The van der Waals surface area contributed by atoms with Gasteiger partial charge < -0.3 is 20.2 Å². The van der Waals surface area contributed by atoms with Crippen LogP contribution in [0.25, 0.3) is 0 Å². The molecule has 12 nitrogen and oxygen atoms in total. The molecule has 0 atom stereocenters. The van der Waals surface area contributed by atoms with E-state index in [2.05, 4.69) is 20.6 Å². The SMILES string of the molecule is Cc1cc([N+](=O)[O-])n(/N=N/n2nc([N+](=O)[O-])cc2C)n1. The summed E-state index contributed by atoms with van der Waals surface area (Å²) in [6, 6.07) is 2.42. The molecule has 0 aromatic carbocycles. The first kappa shape index (κ1) is 13.3. The molecule has 12 heteroatoms. The van der Waals surface area contributed by atoms with Crippen molar-refractivity contribution in [2.75, 3.05) is 0 Å². The van der Waals surface area contributed by atoms with Gasteiger partial charge in [0.1, 0.15) is 0 Å². The van der Waals surface area contributed by atoms with Crippen molar-refractivity contribution in [2.24, 2.45) is 10.4 Å². The van der Waals surface area contributed by atoms with Gasteiger partial charge in [-0.15, -0.1) is 0 Å². The molecule has 2 heterocycles. The normalized spacial score (nSPS) is 11.1. The van der Waals surface area contributed by atoms with Crippen LogP contribution < -0.4 is 0 Å². The molecule has 0 aliphatic heterocycles. The van der Waals surface area contributed by atoms with Crippen molar-refractivity contribution in [1.82, 2.24) is 19.8 Å². The van der Waals surface area contributed by atoms with Gasteiger partial charge in [-0.05, 0) is 28.5 Å². The van der Waals surface area contributed by atoms with Crippen LogP contribution in [-0.4, -0.2) is 29.6 Å². The van der Waals surface area contributed by atoms with Crippen LogP contribution in [0.2, 0.25) is 0 Å². The van der Waals surface area contributed by atoms with Crippen molar-refractivity contribution in [3.05, 3.63) is 43.7 Å². The smallest absolute Gasteiger partial charge is 0.358 e. The van der Waals surface area contributed by atoms with Gasteiger partial charge in [0.25, 0.3) is 0 Å². The molecule has 0 saturated heterocycles. The predicted octanol–water partition coefficient (Wildman–Crippen LogP) is 1.19. The molecule has 2 aromatic rings. The van der Waals surface area contributed by atoms with E-state index in [1.165, 1.54) is 19.1 Å². The van der Waals surface area contributed by atoms with Gasteiger partial charge in [-0.1, -0.05) is 5.10 Å². The molecule has 0 radical (unpaired) electrons. The molecular weight excluding hydrogens is 272 g/mol. The van der Waals surface area contributed by atoms with Crippen molar-refractivity contribution >= 4 is 11.6 Å². The highest BCUT2D eigenvalue weighted by Gasteiger charge is 2.18. The molecule has 0 bridgehead atoms. The number of aromatic nitrogens is 4. The summed E-state index contributed by atoms with van der Waals surface area (Å²) >= 11 is 0. The fourth-order valence-corrected chi connectivity index (χ4v) is 1.37. The minimum absolute atomic E-state index is 0.354. The molecule has 104 valence electrons. The van der Waals surface area contributed by atoms with E-state index in [0.29, 0.717) is 16.2 Å². The summed E-state index contributed by atoms with van der Waals surface area (Å²) in [5.41, 5.74) is 0.741. The van der Waals surface area contributed by atoms with E-state index in [1.807, 2.05) is 0 Å². The fourth-order valence-electron chi connectivity index (χ4n) is 1.37. The summed E-state index contributed by atoms with van der Waals surface area (Å²) in [5.74, 6) is -0.766. The molecule has 0 saturated carbocycles. The van der Waals surface area contributed by atoms with E-state index >= 15 is 0 Å². The van der Waals surface area contributed by atoms with E-state index in [0.717, 1.165) is 4.79 Å². The number of aryl methyl sites for hydroxylation is 2. The zero-order valence-electron chi connectivity index (χ0n) is 10.4. The highest BCUT2D eigenvalue weighted by molar-refractivity contribution is 5.22. The molecular formula is C8H8N8O4. The van der Waals surface area contributed by atoms with Crippen molar-refractivity contribution in [2.45, 2.75) is 13.8 Å². The average Bonchev–Trinajstić information content (AvgIpc) is 2.90. The van der Waals surface area contributed by atoms with E-state index in [-0.39, 0.29) is 5.82 Å². The Morgan fingerprint density at radius 2 is 1.70 bits per heavy atom. The summed E-state index contributed by atoms with van der Waals surface area (Å²) in [4.78, 5) is 21.5. The van der Waals surface area contributed by atoms with Crippen LogP contribution in [0.4, 0.5) is 11.6 Å². The van der Waals surface area contributed by atoms with Gasteiger partial charge in [0.2, 0.25) is 0 Å². The highest BCUT2D eigenvalue weighted by atomic mass is 16.6. The first-order chi connectivity index (χ1) is 9.38. The molecule has 20 heavy (non-hydrogen) atoms. The molecule has 0 aliphatic carbocycles. The van der Waals surface area contributed by atoms with Crippen LogP contribution in [0.5, 0.6) is 0 Å².